The first-order chi connectivity index (χ1) is 18.9. The van der Waals surface area contributed by atoms with E-state index >= 15 is 0 Å². The molecule has 2 amide bonds. The number of rotatable bonds is 9. The highest BCUT2D eigenvalue weighted by Gasteiger charge is 2.30. The molecule has 4 rings (SSSR count). The van der Waals surface area contributed by atoms with Gasteiger partial charge in [0.25, 0.3) is 11.8 Å². The largest absolute Gasteiger partial charge is 0.482 e. The third-order valence-electron chi connectivity index (χ3n) is 6.58. The molecule has 0 unspecified atom stereocenters. The van der Waals surface area contributed by atoms with Crippen molar-refractivity contribution in [1.29, 1.82) is 0 Å². The second-order valence-electron chi connectivity index (χ2n) is 9.39. The van der Waals surface area contributed by atoms with Crippen molar-refractivity contribution in [3.8, 4) is 5.75 Å². The van der Waals surface area contributed by atoms with Crippen LogP contribution in [-0.4, -0.2) is 68.8 Å². The number of carbonyl (C=O) groups is 2. The molecule has 13 heteroatoms. The zero-order chi connectivity index (χ0) is 29.0. The lowest BCUT2D eigenvalue weighted by Crippen LogP contribution is -2.47. The first kappa shape index (κ1) is 28.9. The highest BCUT2D eigenvalue weighted by Crippen LogP contribution is 2.31. The summed E-state index contributed by atoms with van der Waals surface area (Å²) < 4.78 is 62.1. The van der Waals surface area contributed by atoms with Crippen LogP contribution in [0, 0.1) is 12.7 Å². The lowest BCUT2D eigenvalue weighted by Gasteiger charge is -2.36. The normalized spacial score (nSPS) is 14.4. The van der Waals surface area contributed by atoms with E-state index in [2.05, 4.69) is 10.2 Å². The van der Waals surface area contributed by atoms with Gasteiger partial charge in [0.1, 0.15) is 11.6 Å². The van der Waals surface area contributed by atoms with E-state index in [0.29, 0.717) is 45.7 Å². The Morgan fingerprint density at radius 3 is 2.52 bits per heavy atom. The Hall–Kier alpha value is -4.13. The smallest absolute Gasteiger partial charge is 0.422 e. The molecule has 0 saturated carbocycles. The van der Waals surface area contributed by atoms with Gasteiger partial charge in [0.2, 0.25) is 0 Å². The van der Waals surface area contributed by atoms with Crippen LogP contribution in [0.4, 0.5) is 23.2 Å². The van der Waals surface area contributed by atoms with Crippen molar-refractivity contribution in [2.45, 2.75) is 19.5 Å². The molecule has 0 aliphatic carbocycles. The monoisotopic (exact) mass is 564 g/mol. The van der Waals surface area contributed by atoms with Gasteiger partial charge in [-0.3, -0.25) is 19.3 Å². The van der Waals surface area contributed by atoms with Crippen molar-refractivity contribution in [2.75, 3.05) is 50.8 Å². The standard InChI is InChI=1S/C27H28F4N4O5/c1-16-22(36)18-4-2-5-19(24(18)40-23(16)25(32)37)26(38)33-8-3-9-34-10-12-35(13-11-34)20-14-17(28)6-7-21(20)39-15-27(29,30)31/h2,4-7,14H,3,8-13,15H2,1H3,(H2,32,37)(H,33,38). The Balaban J connectivity index is 1.31. The van der Waals surface area contributed by atoms with Crippen LogP contribution in [0.5, 0.6) is 5.75 Å². The molecule has 0 spiro atoms. The summed E-state index contributed by atoms with van der Waals surface area (Å²) in [4.78, 5) is 41.0. The van der Waals surface area contributed by atoms with Crippen LogP contribution < -0.4 is 26.1 Å². The molecule has 0 radical (unpaired) electrons. The van der Waals surface area contributed by atoms with E-state index in [-0.39, 0.29) is 39.3 Å². The number of ether oxygens (including phenoxy) is 1. The Morgan fingerprint density at radius 2 is 1.85 bits per heavy atom. The summed E-state index contributed by atoms with van der Waals surface area (Å²) in [6.45, 7) is 2.96. The summed E-state index contributed by atoms with van der Waals surface area (Å²) in [7, 11) is 0. The number of nitrogens with one attached hydrogen (secondary N) is 1. The van der Waals surface area contributed by atoms with Crippen molar-refractivity contribution in [3.05, 3.63) is 69.3 Å². The van der Waals surface area contributed by atoms with E-state index in [9.17, 15) is 31.9 Å². The average molecular weight is 565 g/mol. The van der Waals surface area contributed by atoms with Gasteiger partial charge in [0.15, 0.2) is 23.4 Å². The maximum Gasteiger partial charge on any atom is 0.422 e. The zero-order valence-corrected chi connectivity index (χ0v) is 21.6. The first-order valence-corrected chi connectivity index (χ1v) is 12.6. The molecule has 3 N–H and O–H groups in total. The number of hydrogen-bond acceptors (Lipinski definition) is 7. The van der Waals surface area contributed by atoms with E-state index in [0.717, 1.165) is 6.07 Å². The van der Waals surface area contributed by atoms with Crippen molar-refractivity contribution < 1.29 is 36.3 Å². The van der Waals surface area contributed by atoms with Crippen molar-refractivity contribution in [2.24, 2.45) is 5.73 Å². The Bertz CT molecular complexity index is 1470. The number of halogens is 4. The molecule has 0 bridgehead atoms. The van der Waals surface area contributed by atoms with Gasteiger partial charge in [-0.2, -0.15) is 13.2 Å². The first-order valence-electron chi connectivity index (χ1n) is 12.6. The molecule has 2 heterocycles. The number of para-hydroxylation sites is 1. The predicted octanol–water partition coefficient (Wildman–Crippen LogP) is 3.22. The fraction of sp³-hybridized carbons (Fsp3) is 0.370. The maximum atomic E-state index is 13.8. The number of benzene rings is 2. The minimum Gasteiger partial charge on any atom is -0.482 e. The number of nitrogens with two attached hydrogens (primary N) is 1. The zero-order valence-electron chi connectivity index (χ0n) is 21.6. The molecular formula is C27H28F4N4O5. The van der Waals surface area contributed by atoms with Crippen LogP contribution >= 0.6 is 0 Å². The number of primary amides is 1. The fourth-order valence-corrected chi connectivity index (χ4v) is 4.55. The molecule has 40 heavy (non-hydrogen) atoms. The topological polar surface area (TPSA) is 118 Å². The van der Waals surface area contributed by atoms with E-state index < -0.39 is 35.8 Å². The second-order valence-corrected chi connectivity index (χ2v) is 9.39. The highest BCUT2D eigenvalue weighted by atomic mass is 19.4. The summed E-state index contributed by atoms with van der Waals surface area (Å²) in [6, 6.07) is 7.96. The highest BCUT2D eigenvalue weighted by molar-refractivity contribution is 6.05. The molecule has 9 nitrogen and oxygen atoms in total. The van der Waals surface area contributed by atoms with Crippen LogP contribution in [0.2, 0.25) is 0 Å². The van der Waals surface area contributed by atoms with Crippen LogP contribution in [0.3, 0.4) is 0 Å². The lowest BCUT2D eigenvalue weighted by molar-refractivity contribution is -0.153. The van der Waals surface area contributed by atoms with Crippen molar-refractivity contribution >= 4 is 28.5 Å². The molecule has 3 aromatic rings. The van der Waals surface area contributed by atoms with E-state index in [1.165, 1.54) is 31.2 Å². The third kappa shape index (κ3) is 6.71. The van der Waals surface area contributed by atoms with Gasteiger partial charge in [0.05, 0.1) is 16.6 Å². The number of piperazine rings is 1. The molecule has 1 aliphatic heterocycles. The minimum atomic E-state index is -4.51. The van der Waals surface area contributed by atoms with Crippen LogP contribution in [0.1, 0.15) is 32.9 Å². The number of nitrogens with zero attached hydrogens (tertiary/aromatic N) is 2. The molecule has 214 valence electrons. The number of amides is 2. The number of carbonyl (C=O) groups excluding carboxylic acids is 2. The van der Waals surface area contributed by atoms with Crippen molar-refractivity contribution in [1.82, 2.24) is 10.2 Å². The SMILES string of the molecule is Cc1c(C(N)=O)oc2c(C(=O)NCCCN3CCN(c4cc(F)ccc4OCC(F)(F)F)CC3)cccc2c1=O. The maximum absolute atomic E-state index is 13.8. The Morgan fingerprint density at radius 1 is 1.12 bits per heavy atom. The van der Waals surface area contributed by atoms with E-state index in [1.807, 2.05) is 0 Å². The Labute approximate surface area is 226 Å². The molecular weight excluding hydrogens is 536 g/mol. The number of anilines is 1. The summed E-state index contributed by atoms with van der Waals surface area (Å²) in [5, 5.41) is 2.95. The van der Waals surface area contributed by atoms with Crippen LogP contribution in [0.25, 0.3) is 11.0 Å². The molecule has 1 aliphatic rings. The third-order valence-corrected chi connectivity index (χ3v) is 6.58. The summed E-state index contributed by atoms with van der Waals surface area (Å²) in [5.74, 6) is -2.28. The van der Waals surface area contributed by atoms with Gasteiger partial charge >= 0.3 is 6.18 Å². The molecule has 2 aromatic carbocycles. The fourth-order valence-electron chi connectivity index (χ4n) is 4.55. The summed E-state index contributed by atoms with van der Waals surface area (Å²) in [5.41, 5.74) is 5.29. The molecule has 0 atom stereocenters. The molecule has 1 aromatic heterocycles. The number of alkyl halides is 3. The quantitative estimate of drug-likeness (QED) is 0.303. The van der Waals surface area contributed by atoms with Gasteiger partial charge in [-0.1, -0.05) is 6.07 Å². The minimum absolute atomic E-state index is 0.0172. The number of fused-ring (bicyclic) bond motifs is 1. The van der Waals surface area contributed by atoms with Gasteiger partial charge in [-0.05, 0) is 44.2 Å². The van der Waals surface area contributed by atoms with E-state index in [1.54, 1.807) is 11.0 Å². The van der Waals surface area contributed by atoms with Crippen molar-refractivity contribution in [3.63, 3.8) is 0 Å². The van der Waals surface area contributed by atoms with Gasteiger partial charge in [-0.25, -0.2) is 4.39 Å². The van der Waals surface area contributed by atoms with Gasteiger partial charge in [0, 0.05) is 44.4 Å². The molecule has 1 saturated heterocycles. The summed E-state index contributed by atoms with van der Waals surface area (Å²) >= 11 is 0. The van der Waals surface area contributed by atoms with E-state index in [4.69, 9.17) is 14.9 Å². The number of hydrogen-bond donors (Lipinski definition) is 2. The summed E-state index contributed by atoms with van der Waals surface area (Å²) in [6.07, 6.45) is -3.92. The average Bonchev–Trinajstić information content (AvgIpc) is 2.91. The Kier molecular flexibility index (Phi) is 8.62. The molecule has 1 fully saturated rings. The van der Waals surface area contributed by atoms with Crippen LogP contribution in [-0.2, 0) is 0 Å². The van der Waals surface area contributed by atoms with Gasteiger partial charge < -0.3 is 25.1 Å². The predicted molar refractivity (Wildman–Crippen MR) is 139 cm³/mol. The van der Waals surface area contributed by atoms with Gasteiger partial charge in [-0.15, -0.1) is 0 Å². The lowest BCUT2D eigenvalue weighted by atomic mass is 10.1. The van der Waals surface area contributed by atoms with Crippen LogP contribution in [0.15, 0.2) is 45.6 Å². The second kappa shape index (κ2) is 11.9.